The summed E-state index contributed by atoms with van der Waals surface area (Å²) in [4.78, 5) is 11.5. The predicted octanol–water partition coefficient (Wildman–Crippen LogP) is 4.18. The van der Waals surface area contributed by atoms with Crippen molar-refractivity contribution in [1.82, 2.24) is 0 Å². The average Bonchev–Trinajstić information content (AvgIpc) is 2.35. The lowest BCUT2D eigenvalue weighted by atomic mass is 9.42. The Hall–Kier alpha value is -0.600. The van der Waals surface area contributed by atoms with E-state index in [1.807, 2.05) is 0 Å². The molecule has 100 valence electrons. The molecule has 2 nitrogen and oxygen atoms in total. The molecule has 0 aromatic heterocycles. The number of hydrogen-bond acceptors (Lipinski definition) is 2. The molecule has 0 aromatic rings. The second-order valence-electron chi connectivity index (χ2n) is 6.73. The minimum absolute atomic E-state index is 0.0496. The van der Waals surface area contributed by atoms with Crippen molar-refractivity contribution in [3.63, 3.8) is 0 Å². The lowest BCUT2D eigenvalue weighted by molar-refractivity contribution is -0.352. The molecule has 1 aliphatic heterocycles. The van der Waals surface area contributed by atoms with Crippen LogP contribution in [0.2, 0.25) is 0 Å². The minimum atomic E-state index is -0.157. The maximum absolute atomic E-state index is 5.86. The summed E-state index contributed by atoms with van der Waals surface area (Å²) in [6.45, 7) is 8.81. The molecule has 0 radical (unpaired) electrons. The Bertz CT molecular complexity index is 421. The topological polar surface area (TPSA) is 18.5 Å². The van der Waals surface area contributed by atoms with Crippen molar-refractivity contribution < 1.29 is 9.78 Å². The molecular weight excluding hydrogens is 224 g/mol. The van der Waals surface area contributed by atoms with Gasteiger partial charge in [-0.15, -0.1) is 0 Å². The smallest absolute Gasteiger partial charge is 0.131 e. The monoisotopic (exact) mass is 248 g/mol. The normalized spacial score (nSPS) is 45.6. The van der Waals surface area contributed by atoms with E-state index >= 15 is 0 Å². The quantitative estimate of drug-likeness (QED) is 0.549. The van der Waals surface area contributed by atoms with Crippen LogP contribution in [0.3, 0.4) is 0 Å². The molecule has 3 aliphatic rings. The van der Waals surface area contributed by atoms with Crippen molar-refractivity contribution in [2.45, 2.75) is 64.6 Å². The Labute approximate surface area is 110 Å². The highest BCUT2D eigenvalue weighted by Crippen LogP contribution is 2.72. The first-order valence-electron chi connectivity index (χ1n) is 7.16. The second-order valence-corrected chi connectivity index (χ2v) is 6.73. The van der Waals surface area contributed by atoms with Crippen LogP contribution in [0.5, 0.6) is 0 Å². The van der Waals surface area contributed by atoms with Crippen molar-refractivity contribution in [1.29, 1.82) is 0 Å². The third kappa shape index (κ3) is 1.26. The highest BCUT2D eigenvalue weighted by Gasteiger charge is 2.77. The van der Waals surface area contributed by atoms with E-state index in [-0.39, 0.29) is 16.6 Å². The molecule has 1 saturated carbocycles. The van der Waals surface area contributed by atoms with Gasteiger partial charge < -0.3 is 0 Å². The van der Waals surface area contributed by atoms with E-state index in [1.165, 1.54) is 18.4 Å². The maximum atomic E-state index is 5.86. The first kappa shape index (κ1) is 12.4. The van der Waals surface area contributed by atoms with Gasteiger partial charge in [-0.25, -0.2) is 9.78 Å². The Morgan fingerprint density at radius 2 is 2.06 bits per heavy atom. The van der Waals surface area contributed by atoms with Crippen LogP contribution in [0, 0.1) is 11.3 Å². The Kier molecular flexibility index (Phi) is 2.56. The van der Waals surface area contributed by atoms with Gasteiger partial charge in [0.1, 0.15) is 11.2 Å². The van der Waals surface area contributed by atoms with E-state index in [0.717, 1.165) is 12.8 Å². The van der Waals surface area contributed by atoms with Crippen LogP contribution in [-0.2, 0) is 9.78 Å². The molecule has 0 bridgehead atoms. The van der Waals surface area contributed by atoms with Gasteiger partial charge in [-0.1, -0.05) is 30.7 Å². The molecule has 1 saturated heterocycles. The molecule has 0 amide bonds. The van der Waals surface area contributed by atoms with Gasteiger partial charge in [0.05, 0.1) is 5.41 Å². The molecule has 1 heterocycles. The molecule has 0 aromatic carbocycles. The second kappa shape index (κ2) is 3.71. The maximum Gasteiger partial charge on any atom is 0.131 e. The summed E-state index contributed by atoms with van der Waals surface area (Å²) in [5, 5.41) is 0. The van der Waals surface area contributed by atoms with Gasteiger partial charge in [0.2, 0.25) is 0 Å². The standard InChI is InChI=1S/C16H24O2/c1-12(2)6-5-7-13(3)16-11-10-15(16)9-8-14(15,4)17-18-16/h6,8-9,13H,5,7,10-11H2,1-4H3/t13-,14?,15?,16?/m0/s1. The van der Waals surface area contributed by atoms with E-state index < -0.39 is 0 Å². The Morgan fingerprint density at radius 3 is 2.56 bits per heavy atom. The Balaban J connectivity index is 1.73. The van der Waals surface area contributed by atoms with Gasteiger partial charge in [-0.05, 0) is 52.4 Å². The van der Waals surface area contributed by atoms with Crippen LogP contribution in [0.15, 0.2) is 23.8 Å². The summed E-state index contributed by atoms with van der Waals surface area (Å²) in [5.74, 6) is 0.550. The van der Waals surface area contributed by atoms with Gasteiger partial charge in [0, 0.05) is 0 Å². The SMILES string of the molecule is CC(C)=CCC[C@H](C)C12CCC13C=CC3(C)OO2. The van der Waals surface area contributed by atoms with Gasteiger partial charge in [-0.2, -0.15) is 0 Å². The van der Waals surface area contributed by atoms with Gasteiger partial charge in [0.15, 0.2) is 0 Å². The summed E-state index contributed by atoms with van der Waals surface area (Å²) < 4.78 is 0. The van der Waals surface area contributed by atoms with Gasteiger partial charge >= 0.3 is 0 Å². The molecule has 0 N–H and O–H groups in total. The third-order valence-corrected chi connectivity index (χ3v) is 5.53. The zero-order chi connectivity index (χ0) is 13.0. The van der Waals surface area contributed by atoms with E-state index in [1.54, 1.807) is 0 Å². The highest BCUT2D eigenvalue weighted by atomic mass is 17.2. The van der Waals surface area contributed by atoms with Crippen LogP contribution in [0.1, 0.15) is 53.4 Å². The fourth-order valence-electron chi connectivity index (χ4n) is 4.06. The molecule has 3 unspecified atom stereocenters. The molecule has 2 fully saturated rings. The fourth-order valence-corrected chi connectivity index (χ4v) is 4.06. The summed E-state index contributed by atoms with van der Waals surface area (Å²) in [7, 11) is 0. The van der Waals surface area contributed by atoms with Crippen LogP contribution in [0.25, 0.3) is 0 Å². The van der Waals surface area contributed by atoms with E-state index in [2.05, 4.69) is 45.9 Å². The van der Waals surface area contributed by atoms with Gasteiger partial charge in [0.25, 0.3) is 0 Å². The Morgan fingerprint density at radius 1 is 1.28 bits per heavy atom. The van der Waals surface area contributed by atoms with E-state index in [9.17, 15) is 0 Å². The summed E-state index contributed by atoms with van der Waals surface area (Å²) in [6, 6.07) is 0. The first-order valence-corrected chi connectivity index (χ1v) is 7.16. The van der Waals surface area contributed by atoms with Gasteiger partial charge in [-0.3, -0.25) is 0 Å². The molecular formula is C16H24O2. The number of hydrogen-bond donors (Lipinski definition) is 0. The van der Waals surface area contributed by atoms with Crippen molar-refractivity contribution >= 4 is 0 Å². The summed E-state index contributed by atoms with van der Waals surface area (Å²) in [6.07, 6.45) is 11.5. The zero-order valence-corrected chi connectivity index (χ0v) is 12.0. The molecule has 1 spiro atoms. The van der Waals surface area contributed by atoms with E-state index in [0.29, 0.717) is 5.92 Å². The summed E-state index contributed by atoms with van der Waals surface area (Å²) >= 11 is 0. The van der Waals surface area contributed by atoms with Crippen molar-refractivity contribution in [2.24, 2.45) is 11.3 Å². The highest BCUT2D eigenvalue weighted by molar-refractivity contribution is 5.40. The lowest BCUT2D eigenvalue weighted by Crippen LogP contribution is -2.67. The van der Waals surface area contributed by atoms with Crippen molar-refractivity contribution in [2.75, 3.05) is 0 Å². The van der Waals surface area contributed by atoms with Crippen LogP contribution >= 0.6 is 0 Å². The molecule has 3 rings (SSSR count). The van der Waals surface area contributed by atoms with Crippen LogP contribution in [0.4, 0.5) is 0 Å². The molecule has 2 aliphatic carbocycles. The number of rotatable bonds is 4. The lowest BCUT2D eigenvalue weighted by Gasteiger charge is -2.60. The van der Waals surface area contributed by atoms with Crippen LogP contribution in [-0.4, -0.2) is 11.2 Å². The zero-order valence-electron chi connectivity index (χ0n) is 12.0. The molecule has 18 heavy (non-hydrogen) atoms. The van der Waals surface area contributed by atoms with E-state index in [4.69, 9.17) is 9.78 Å². The number of allylic oxidation sites excluding steroid dienone is 2. The van der Waals surface area contributed by atoms with Crippen molar-refractivity contribution in [3.8, 4) is 0 Å². The minimum Gasteiger partial charge on any atom is -0.228 e. The first-order chi connectivity index (χ1) is 8.46. The third-order valence-electron chi connectivity index (χ3n) is 5.53. The van der Waals surface area contributed by atoms with Crippen molar-refractivity contribution in [3.05, 3.63) is 23.8 Å². The average molecular weight is 248 g/mol. The largest absolute Gasteiger partial charge is 0.228 e. The molecule has 2 heteroatoms. The van der Waals surface area contributed by atoms with Crippen LogP contribution < -0.4 is 0 Å². The predicted molar refractivity (Wildman–Crippen MR) is 71.9 cm³/mol. The fraction of sp³-hybridized carbons (Fsp3) is 0.750. The summed E-state index contributed by atoms with van der Waals surface area (Å²) in [5.41, 5.74) is 1.37. The molecule has 4 atom stereocenters.